The summed E-state index contributed by atoms with van der Waals surface area (Å²) in [5, 5.41) is 11.5. The number of nitrogens with zero attached hydrogens (tertiary/aromatic N) is 1. The van der Waals surface area contributed by atoms with Gasteiger partial charge in [0.1, 0.15) is 29.1 Å². The van der Waals surface area contributed by atoms with Crippen LogP contribution in [0.25, 0.3) is 5.76 Å². The van der Waals surface area contributed by atoms with Crippen molar-refractivity contribution in [3.63, 3.8) is 0 Å². The first-order chi connectivity index (χ1) is 17.7. The third-order valence-corrected chi connectivity index (χ3v) is 6.50. The van der Waals surface area contributed by atoms with E-state index in [1.165, 1.54) is 19.2 Å². The number of carbonyl (C=O) groups is 2. The van der Waals surface area contributed by atoms with E-state index in [9.17, 15) is 27.9 Å². The second-order valence-electron chi connectivity index (χ2n) is 10.2. The van der Waals surface area contributed by atoms with Crippen molar-refractivity contribution in [3.8, 4) is 5.75 Å². The van der Waals surface area contributed by atoms with Crippen molar-refractivity contribution in [3.05, 3.63) is 93.9 Å². The molecule has 1 aliphatic heterocycles. The molecule has 0 radical (unpaired) electrons. The molecule has 200 valence electrons. The van der Waals surface area contributed by atoms with E-state index in [4.69, 9.17) is 9.15 Å². The Morgan fingerprint density at radius 2 is 1.74 bits per heavy atom. The van der Waals surface area contributed by atoms with Crippen LogP contribution >= 0.6 is 0 Å². The molecule has 2 heterocycles. The van der Waals surface area contributed by atoms with Crippen molar-refractivity contribution < 1.29 is 37.0 Å². The summed E-state index contributed by atoms with van der Waals surface area (Å²) in [6.07, 6.45) is -4.57. The molecule has 1 aliphatic rings. The Morgan fingerprint density at radius 1 is 1.03 bits per heavy atom. The van der Waals surface area contributed by atoms with Crippen LogP contribution in [-0.4, -0.2) is 28.8 Å². The van der Waals surface area contributed by atoms with Gasteiger partial charge < -0.3 is 19.2 Å². The molecule has 1 N–H and O–H groups in total. The number of alkyl halides is 3. The first-order valence-corrected chi connectivity index (χ1v) is 11.9. The molecular weight excluding hydrogens is 499 g/mol. The fourth-order valence-corrected chi connectivity index (χ4v) is 4.49. The topological polar surface area (TPSA) is 80.0 Å². The average Bonchev–Trinajstić information content (AvgIpc) is 3.38. The van der Waals surface area contributed by atoms with Crippen LogP contribution in [0.1, 0.15) is 60.6 Å². The lowest BCUT2D eigenvalue weighted by molar-refractivity contribution is -0.140. The zero-order chi connectivity index (χ0) is 28.0. The molecule has 0 saturated carbocycles. The van der Waals surface area contributed by atoms with E-state index in [0.29, 0.717) is 5.76 Å². The summed E-state index contributed by atoms with van der Waals surface area (Å²) in [4.78, 5) is 27.7. The lowest BCUT2D eigenvalue weighted by Gasteiger charge is -2.24. The molecule has 2 aromatic carbocycles. The number of hydrogen-bond donors (Lipinski definition) is 1. The van der Waals surface area contributed by atoms with E-state index in [-0.39, 0.29) is 40.2 Å². The van der Waals surface area contributed by atoms with Crippen molar-refractivity contribution >= 4 is 17.4 Å². The predicted octanol–water partition coefficient (Wildman–Crippen LogP) is 6.53. The fraction of sp³-hybridized carbons (Fsp3) is 0.310. The summed E-state index contributed by atoms with van der Waals surface area (Å²) < 4.78 is 51.1. The van der Waals surface area contributed by atoms with Crippen molar-refractivity contribution in [1.29, 1.82) is 0 Å². The summed E-state index contributed by atoms with van der Waals surface area (Å²) in [5.41, 5.74) is -0.174. The summed E-state index contributed by atoms with van der Waals surface area (Å²) in [6, 6.07) is 11.8. The number of benzene rings is 2. The number of ketones is 1. The maximum absolute atomic E-state index is 13.3. The standard InChI is InChI=1S/C29H28F3NO5/c1-16-9-11-22(38-16)24-23(25(34)20-14-18(28(2,3)4)10-12-21(20)37-5)26(35)27(36)33(24)15-17-7-6-8-19(13-17)29(30,31)32/h6-14,24,34H,15H2,1-5H3/b25-23+. The Bertz CT molecular complexity index is 1430. The maximum atomic E-state index is 13.3. The second kappa shape index (κ2) is 9.70. The molecule has 1 atom stereocenters. The molecule has 0 aliphatic carbocycles. The number of aliphatic hydroxyl groups excluding tert-OH is 1. The van der Waals surface area contributed by atoms with Crippen LogP contribution in [0.2, 0.25) is 0 Å². The summed E-state index contributed by atoms with van der Waals surface area (Å²) in [7, 11) is 1.42. The van der Waals surface area contributed by atoms with Gasteiger partial charge in [0.25, 0.3) is 11.7 Å². The van der Waals surface area contributed by atoms with Crippen LogP contribution in [0.3, 0.4) is 0 Å². The molecule has 3 aromatic rings. The molecule has 0 spiro atoms. The van der Waals surface area contributed by atoms with Gasteiger partial charge in [-0.15, -0.1) is 0 Å². The summed E-state index contributed by atoms with van der Waals surface area (Å²) in [6.45, 7) is 7.32. The van der Waals surface area contributed by atoms with E-state index in [2.05, 4.69) is 0 Å². The van der Waals surface area contributed by atoms with Crippen LogP contribution in [0, 0.1) is 6.92 Å². The number of rotatable bonds is 5. The van der Waals surface area contributed by atoms with Crippen molar-refractivity contribution in [2.75, 3.05) is 7.11 Å². The van der Waals surface area contributed by atoms with Crippen LogP contribution in [0.5, 0.6) is 5.75 Å². The number of furan rings is 1. The Morgan fingerprint density at radius 3 is 2.32 bits per heavy atom. The van der Waals surface area contributed by atoms with Gasteiger partial charge in [0.2, 0.25) is 0 Å². The maximum Gasteiger partial charge on any atom is 0.416 e. The minimum Gasteiger partial charge on any atom is -0.507 e. The van der Waals surface area contributed by atoms with Crippen molar-refractivity contribution in [2.45, 2.75) is 51.9 Å². The van der Waals surface area contributed by atoms with Crippen LogP contribution in [0.4, 0.5) is 13.2 Å². The third-order valence-electron chi connectivity index (χ3n) is 6.50. The predicted molar refractivity (Wildman–Crippen MR) is 134 cm³/mol. The van der Waals surface area contributed by atoms with Crippen molar-refractivity contribution in [1.82, 2.24) is 4.90 Å². The van der Waals surface area contributed by atoms with Gasteiger partial charge in [0, 0.05) is 6.54 Å². The Hall–Kier alpha value is -4.01. The molecule has 9 heteroatoms. The number of Topliss-reactive ketones (excluding diaryl/α,β-unsaturated/α-hetero) is 1. The minimum atomic E-state index is -4.57. The highest BCUT2D eigenvalue weighted by molar-refractivity contribution is 6.46. The zero-order valence-corrected chi connectivity index (χ0v) is 21.6. The number of likely N-dealkylation sites (tertiary alicyclic amines) is 1. The van der Waals surface area contributed by atoms with Gasteiger partial charge in [-0.25, -0.2) is 0 Å². The number of carbonyl (C=O) groups excluding carboxylic acids is 2. The summed E-state index contributed by atoms with van der Waals surface area (Å²) in [5.74, 6) is -1.42. The normalized spacial score (nSPS) is 17.8. The Labute approximate surface area is 218 Å². The van der Waals surface area contributed by atoms with Gasteiger partial charge in [-0.05, 0) is 59.9 Å². The molecule has 38 heavy (non-hydrogen) atoms. The van der Waals surface area contributed by atoms with Gasteiger partial charge in [-0.3, -0.25) is 9.59 Å². The van der Waals surface area contributed by atoms with E-state index < -0.39 is 35.2 Å². The quantitative estimate of drug-likeness (QED) is 0.232. The zero-order valence-electron chi connectivity index (χ0n) is 21.6. The fourth-order valence-electron chi connectivity index (χ4n) is 4.49. The number of ether oxygens (including phenoxy) is 1. The largest absolute Gasteiger partial charge is 0.507 e. The van der Waals surface area contributed by atoms with E-state index in [1.54, 1.807) is 31.2 Å². The van der Waals surface area contributed by atoms with Crippen LogP contribution < -0.4 is 4.74 Å². The monoisotopic (exact) mass is 527 g/mol. The number of methoxy groups -OCH3 is 1. The third kappa shape index (κ3) is 5.05. The Kier molecular flexibility index (Phi) is 6.90. The molecule has 1 unspecified atom stereocenters. The summed E-state index contributed by atoms with van der Waals surface area (Å²) >= 11 is 0. The smallest absolute Gasteiger partial charge is 0.416 e. The number of halogens is 3. The number of aryl methyl sites for hydroxylation is 1. The van der Waals surface area contributed by atoms with Crippen molar-refractivity contribution in [2.24, 2.45) is 0 Å². The second-order valence-corrected chi connectivity index (χ2v) is 10.2. The molecule has 4 rings (SSSR count). The van der Waals surface area contributed by atoms with Gasteiger partial charge in [-0.2, -0.15) is 13.2 Å². The SMILES string of the molecule is COc1ccc(C(C)(C)C)cc1/C(O)=C1\C(=O)C(=O)N(Cc2cccc(C(F)(F)F)c2)C1c1ccc(C)o1. The molecule has 0 bridgehead atoms. The number of aliphatic hydroxyl groups is 1. The lowest BCUT2D eigenvalue weighted by Crippen LogP contribution is -2.29. The molecule has 6 nitrogen and oxygen atoms in total. The highest BCUT2D eigenvalue weighted by atomic mass is 19.4. The van der Waals surface area contributed by atoms with Gasteiger partial charge >= 0.3 is 6.18 Å². The number of hydrogen-bond acceptors (Lipinski definition) is 5. The molecule has 1 amide bonds. The highest BCUT2D eigenvalue weighted by Crippen LogP contribution is 2.43. The van der Waals surface area contributed by atoms with Crippen LogP contribution in [0.15, 0.2) is 64.6 Å². The van der Waals surface area contributed by atoms with Gasteiger partial charge in [-0.1, -0.05) is 39.0 Å². The first kappa shape index (κ1) is 27.0. The first-order valence-electron chi connectivity index (χ1n) is 11.9. The van der Waals surface area contributed by atoms with E-state index in [0.717, 1.165) is 22.6 Å². The van der Waals surface area contributed by atoms with Crippen LogP contribution in [-0.2, 0) is 27.7 Å². The molecule has 1 fully saturated rings. The lowest BCUT2D eigenvalue weighted by atomic mass is 9.85. The minimum absolute atomic E-state index is 0.169. The number of amides is 1. The molecule has 1 aromatic heterocycles. The van der Waals surface area contributed by atoms with Gasteiger partial charge in [0.15, 0.2) is 0 Å². The Balaban J connectivity index is 1.89. The molecule has 1 saturated heterocycles. The van der Waals surface area contributed by atoms with E-state index >= 15 is 0 Å². The molecular formula is C29H28F3NO5. The highest BCUT2D eigenvalue weighted by Gasteiger charge is 2.48. The van der Waals surface area contributed by atoms with Gasteiger partial charge in [0.05, 0.1) is 23.8 Å². The average molecular weight is 528 g/mol. The van der Waals surface area contributed by atoms with E-state index in [1.807, 2.05) is 26.8 Å².